The van der Waals surface area contributed by atoms with Gasteiger partial charge in [0, 0.05) is 11.9 Å². The molecule has 6 nitrogen and oxygen atoms in total. The second-order valence-corrected chi connectivity index (χ2v) is 8.79. The smallest absolute Gasteiger partial charge is 0.415 e. The molecule has 0 aliphatic carbocycles. The van der Waals surface area contributed by atoms with Gasteiger partial charge in [0.2, 0.25) is 0 Å². The second kappa shape index (κ2) is 11.2. The molecule has 0 atom stereocenters. The normalized spacial score (nSPS) is 10.5. The van der Waals surface area contributed by atoms with Crippen molar-refractivity contribution in [2.24, 2.45) is 0 Å². The molecule has 0 aliphatic rings. The molecule has 3 rings (SSSR count). The zero-order valence-electron chi connectivity index (χ0n) is 20.0. The van der Waals surface area contributed by atoms with Crippen LogP contribution in [0.5, 0.6) is 0 Å². The zero-order valence-corrected chi connectivity index (χ0v) is 20.0. The van der Waals surface area contributed by atoms with E-state index in [1.54, 1.807) is 11.1 Å². The standard InChI is InChI=1S/C26H30N2O2.CO2/c1-18-14-21(23-12-8-7-10-19(23)2)16-22(15-18)28(25(29)30-26(4,5)6)17-24-20(3)11-9-13-27-24;2-1-3/h7-16H,17H2,1-6H3;. The van der Waals surface area contributed by atoms with E-state index in [4.69, 9.17) is 14.3 Å². The molecule has 0 saturated carbocycles. The van der Waals surface area contributed by atoms with Crippen LogP contribution in [-0.2, 0) is 20.9 Å². The van der Waals surface area contributed by atoms with Crippen LogP contribution in [0.1, 0.15) is 43.2 Å². The number of aryl methyl sites for hydroxylation is 3. The van der Waals surface area contributed by atoms with Gasteiger partial charge in [-0.2, -0.15) is 9.59 Å². The molecule has 3 aromatic rings. The molecule has 0 saturated heterocycles. The molecule has 6 heteroatoms. The Morgan fingerprint density at radius 1 is 0.970 bits per heavy atom. The van der Waals surface area contributed by atoms with Gasteiger partial charge >= 0.3 is 12.2 Å². The monoisotopic (exact) mass is 446 g/mol. The van der Waals surface area contributed by atoms with E-state index in [2.05, 4.69) is 36.2 Å². The Hall–Kier alpha value is -3.76. The molecule has 1 aromatic heterocycles. The highest BCUT2D eigenvalue weighted by Crippen LogP contribution is 2.30. The summed E-state index contributed by atoms with van der Waals surface area (Å²) in [6.07, 6.45) is 1.62. The fraction of sp³-hybridized carbons (Fsp3) is 0.296. The van der Waals surface area contributed by atoms with Gasteiger partial charge in [0.25, 0.3) is 0 Å². The van der Waals surface area contributed by atoms with E-state index in [1.165, 1.54) is 5.56 Å². The molecule has 0 spiro atoms. The summed E-state index contributed by atoms with van der Waals surface area (Å²) in [7, 11) is 0. The molecule has 1 heterocycles. The van der Waals surface area contributed by atoms with Gasteiger partial charge < -0.3 is 4.74 Å². The lowest BCUT2D eigenvalue weighted by Gasteiger charge is -2.28. The minimum Gasteiger partial charge on any atom is -0.443 e. The first-order chi connectivity index (χ1) is 15.6. The Bertz CT molecular complexity index is 1140. The summed E-state index contributed by atoms with van der Waals surface area (Å²) >= 11 is 0. The molecular weight excluding hydrogens is 416 g/mol. The summed E-state index contributed by atoms with van der Waals surface area (Å²) < 4.78 is 5.73. The summed E-state index contributed by atoms with van der Waals surface area (Å²) in [5.74, 6) is 0. The number of ether oxygens (including phenoxy) is 1. The number of aromatic nitrogens is 1. The van der Waals surface area contributed by atoms with Gasteiger partial charge in [-0.05, 0) is 87.6 Å². The molecule has 33 heavy (non-hydrogen) atoms. The lowest BCUT2D eigenvalue weighted by atomic mass is 9.98. The molecule has 0 unspecified atom stereocenters. The lowest BCUT2D eigenvalue weighted by molar-refractivity contribution is -0.191. The Morgan fingerprint density at radius 3 is 2.21 bits per heavy atom. The number of nitrogens with zero attached hydrogens (tertiary/aromatic N) is 2. The van der Waals surface area contributed by atoms with Gasteiger partial charge in [0.05, 0.1) is 12.2 Å². The number of carbonyl (C=O) groups excluding carboxylic acids is 3. The molecule has 0 bridgehead atoms. The molecular formula is C27H30N2O4. The molecule has 0 N–H and O–H groups in total. The van der Waals surface area contributed by atoms with Crippen LogP contribution in [0.3, 0.4) is 0 Å². The predicted octanol–water partition coefficient (Wildman–Crippen LogP) is 6.03. The van der Waals surface area contributed by atoms with Crippen LogP contribution in [0.15, 0.2) is 60.8 Å². The Balaban J connectivity index is 0.00000122. The van der Waals surface area contributed by atoms with E-state index in [-0.39, 0.29) is 12.2 Å². The first-order valence-corrected chi connectivity index (χ1v) is 10.6. The van der Waals surface area contributed by atoms with Crippen molar-refractivity contribution in [2.75, 3.05) is 4.90 Å². The lowest BCUT2D eigenvalue weighted by Crippen LogP contribution is -2.37. The minimum atomic E-state index is -0.586. The van der Waals surface area contributed by atoms with Crippen LogP contribution < -0.4 is 4.90 Å². The Labute approximate surface area is 195 Å². The average Bonchev–Trinajstić information content (AvgIpc) is 2.72. The van der Waals surface area contributed by atoms with Crippen molar-refractivity contribution in [3.8, 4) is 11.1 Å². The van der Waals surface area contributed by atoms with Crippen LogP contribution in [0.2, 0.25) is 0 Å². The first kappa shape index (κ1) is 25.5. The van der Waals surface area contributed by atoms with Crippen molar-refractivity contribution in [2.45, 2.75) is 53.7 Å². The molecule has 1 amide bonds. The van der Waals surface area contributed by atoms with Crippen molar-refractivity contribution in [1.82, 2.24) is 4.98 Å². The SMILES string of the molecule is Cc1cc(-c2ccccc2C)cc(N(Cc2ncccc2C)C(=O)OC(C)(C)C)c1.O=C=O. The number of hydrogen-bond acceptors (Lipinski definition) is 5. The van der Waals surface area contributed by atoms with Gasteiger partial charge in [-0.1, -0.05) is 36.4 Å². The Morgan fingerprint density at radius 2 is 1.61 bits per heavy atom. The number of carbonyl (C=O) groups is 1. The third-order valence-corrected chi connectivity index (χ3v) is 4.87. The minimum absolute atomic E-state index is 0.250. The first-order valence-electron chi connectivity index (χ1n) is 10.6. The summed E-state index contributed by atoms with van der Waals surface area (Å²) in [6.45, 7) is 12.1. The molecule has 0 radical (unpaired) electrons. The van der Waals surface area contributed by atoms with Crippen molar-refractivity contribution < 1.29 is 19.1 Å². The van der Waals surface area contributed by atoms with Gasteiger partial charge in [-0.3, -0.25) is 9.88 Å². The Kier molecular flexibility index (Phi) is 8.66. The largest absolute Gasteiger partial charge is 0.443 e. The maximum atomic E-state index is 13.2. The average molecular weight is 447 g/mol. The highest BCUT2D eigenvalue weighted by Gasteiger charge is 2.25. The third kappa shape index (κ3) is 7.41. The van der Waals surface area contributed by atoms with Crippen molar-refractivity contribution in [3.05, 3.63) is 83.2 Å². The van der Waals surface area contributed by atoms with Crippen LogP contribution in [0.4, 0.5) is 10.5 Å². The predicted molar refractivity (Wildman–Crippen MR) is 128 cm³/mol. The van der Waals surface area contributed by atoms with E-state index in [0.29, 0.717) is 6.54 Å². The van der Waals surface area contributed by atoms with E-state index < -0.39 is 5.60 Å². The molecule has 0 aliphatic heterocycles. The zero-order chi connectivity index (χ0) is 24.6. The summed E-state index contributed by atoms with van der Waals surface area (Å²) in [4.78, 5) is 35.6. The van der Waals surface area contributed by atoms with Crippen LogP contribution >= 0.6 is 0 Å². The summed E-state index contributed by atoms with van der Waals surface area (Å²) in [5.41, 5.74) is 6.61. The van der Waals surface area contributed by atoms with E-state index in [9.17, 15) is 4.79 Å². The van der Waals surface area contributed by atoms with Crippen LogP contribution in [0, 0.1) is 20.8 Å². The van der Waals surface area contributed by atoms with E-state index in [1.807, 2.05) is 65.0 Å². The summed E-state index contributed by atoms with van der Waals surface area (Å²) in [6, 6.07) is 18.4. The quantitative estimate of drug-likeness (QED) is 0.489. The number of benzene rings is 2. The number of rotatable bonds is 4. The molecule has 0 fully saturated rings. The molecule has 172 valence electrons. The number of anilines is 1. The van der Waals surface area contributed by atoms with E-state index >= 15 is 0 Å². The fourth-order valence-corrected chi connectivity index (χ4v) is 3.38. The van der Waals surface area contributed by atoms with Gasteiger partial charge in [-0.15, -0.1) is 0 Å². The van der Waals surface area contributed by atoms with E-state index in [0.717, 1.165) is 33.6 Å². The fourth-order valence-electron chi connectivity index (χ4n) is 3.38. The highest BCUT2D eigenvalue weighted by atomic mass is 16.6. The van der Waals surface area contributed by atoms with Crippen molar-refractivity contribution in [1.29, 1.82) is 0 Å². The number of amides is 1. The van der Waals surface area contributed by atoms with Crippen LogP contribution in [0.25, 0.3) is 11.1 Å². The third-order valence-electron chi connectivity index (χ3n) is 4.87. The maximum absolute atomic E-state index is 13.2. The highest BCUT2D eigenvalue weighted by molar-refractivity contribution is 5.89. The second-order valence-electron chi connectivity index (χ2n) is 8.79. The van der Waals surface area contributed by atoms with Gasteiger partial charge in [-0.25, -0.2) is 4.79 Å². The molecule has 2 aromatic carbocycles. The van der Waals surface area contributed by atoms with Crippen molar-refractivity contribution >= 4 is 17.9 Å². The maximum Gasteiger partial charge on any atom is 0.415 e. The number of hydrogen-bond donors (Lipinski definition) is 0. The summed E-state index contributed by atoms with van der Waals surface area (Å²) in [5, 5.41) is 0. The van der Waals surface area contributed by atoms with Gasteiger partial charge in [0.1, 0.15) is 5.60 Å². The van der Waals surface area contributed by atoms with Crippen LogP contribution in [-0.4, -0.2) is 22.8 Å². The number of pyridine rings is 1. The van der Waals surface area contributed by atoms with Crippen molar-refractivity contribution in [3.63, 3.8) is 0 Å². The van der Waals surface area contributed by atoms with Gasteiger partial charge in [0.15, 0.2) is 0 Å². The topological polar surface area (TPSA) is 76.6 Å².